The second-order valence-corrected chi connectivity index (χ2v) is 7.98. The van der Waals surface area contributed by atoms with Crippen molar-refractivity contribution in [3.63, 3.8) is 0 Å². The molecule has 1 amide bonds. The third kappa shape index (κ3) is 4.50. The molecule has 128 valence electrons. The van der Waals surface area contributed by atoms with E-state index in [0.29, 0.717) is 11.5 Å². The van der Waals surface area contributed by atoms with E-state index in [4.69, 9.17) is 0 Å². The van der Waals surface area contributed by atoms with E-state index >= 15 is 0 Å². The van der Waals surface area contributed by atoms with Crippen LogP contribution >= 0.6 is 0 Å². The molecule has 0 radical (unpaired) electrons. The van der Waals surface area contributed by atoms with Crippen LogP contribution in [0.5, 0.6) is 0 Å². The number of hydrogen-bond acceptors (Lipinski definition) is 3. The van der Waals surface area contributed by atoms with Crippen LogP contribution in [-0.2, 0) is 21.1 Å². The predicted octanol–water partition coefficient (Wildman–Crippen LogP) is 2.92. The molecule has 4 nitrogen and oxygen atoms in total. The number of hydrogen-bond donors (Lipinski definition) is 1. The van der Waals surface area contributed by atoms with E-state index in [-0.39, 0.29) is 18.4 Å². The lowest BCUT2D eigenvalue weighted by Gasteiger charge is -2.29. The van der Waals surface area contributed by atoms with Gasteiger partial charge >= 0.3 is 5.76 Å². The second kappa shape index (κ2) is 7.38. The fraction of sp³-hybridized carbons (Fsp3) is 0.562. The number of nitrogens with one attached hydrogen (secondary N) is 1. The maximum atomic E-state index is 12.5. The van der Waals surface area contributed by atoms with Gasteiger partial charge in [0.1, 0.15) is 0 Å². The molecule has 7 heteroatoms. The zero-order valence-corrected chi connectivity index (χ0v) is 13.8. The normalized spacial score (nSPS) is 22.1. The second-order valence-electron chi connectivity index (χ2n) is 6.06. The van der Waals surface area contributed by atoms with Crippen LogP contribution in [0.25, 0.3) is 0 Å². The molecule has 1 aliphatic carbocycles. The Kier molecular flexibility index (Phi) is 5.73. The van der Waals surface area contributed by atoms with Crippen molar-refractivity contribution >= 4 is 15.7 Å². The van der Waals surface area contributed by atoms with Crippen LogP contribution in [0.4, 0.5) is 8.78 Å². The van der Waals surface area contributed by atoms with E-state index in [1.54, 1.807) is 0 Å². The third-order valence-corrected chi connectivity index (χ3v) is 5.71. The van der Waals surface area contributed by atoms with Crippen molar-refractivity contribution in [3.05, 3.63) is 29.8 Å². The minimum Gasteiger partial charge on any atom is -0.353 e. The summed E-state index contributed by atoms with van der Waals surface area (Å²) in [5.41, 5.74) is 0.596. The first kappa shape index (κ1) is 17.8. The third-order valence-electron chi connectivity index (χ3n) is 4.31. The number of amides is 1. The number of alkyl halides is 2. The highest BCUT2D eigenvalue weighted by Gasteiger charge is 2.26. The maximum Gasteiger partial charge on any atom is 0.341 e. The van der Waals surface area contributed by atoms with Gasteiger partial charge in [0.15, 0.2) is 0 Å². The van der Waals surface area contributed by atoms with Gasteiger partial charge in [-0.3, -0.25) is 4.79 Å². The van der Waals surface area contributed by atoms with Crippen LogP contribution in [0.15, 0.2) is 29.2 Å². The lowest BCUT2D eigenvalue weighted by Crippen LogP contribution is -2.41. The summed E-state index contributed by atoms with van der Waals surface area (Å²) >= 11 is 0. The number of halogens is 2. The summed E-state index contributed by atoms with van der Waals surface area (Å²) in [7, 11) is -4.59. The molecule has 1 aliphatic rings. The Hall–Kier alpha value is -1.50. The highest BCUT2D eigenvalue weighted by molar-refractivity contribution is 7.91. The van der Waals surface area contributed by atoms with Gasteiger partial charge in [-0.1, -0.05) is 31.9 Å². The summed E-state index contributed by atoms with van der Waals surface area (Å²) in [5.74, 6) is -3.12. The summed E-state index contributed by atoms with van der Waals surface area (Å²) in [6.45, 7) is 2.12. The molecule has 0 saturated heterocycles. The number of carbonyl (C=O) groups excluding carboxylic acids is 1. The van der Waals surface area contributed by atoms with E-state index < -0.39 is 20.5 Å². The molecule has 0 spiro atoms. The van der Waals surface area contributed by atoms with E-state index in [0.717, 1.165) is 31.4 Å². The van der Waals surface area contributed by atoms with Gasteiger partial charge in [-0.15, -0.1) is 0 Å². The molecule has 0 aliphatic heterocycles. The van der Waals surface area contributed by atoms with E-state index in [2.05, 4.69) is 12.2 Å². The fourth-order valence-corrected chi connectivity index (χ4v) is 3.59. The molecule has 2 rings (SSSR count). The smallest absolute Gasteiger partial charge is 0.341 e. The standard InChI is InChI=1S/C16H21F2NO3S/c1-11-4-2-3-5-14(11)19-15(20)10-12-6-8-13(9-7-12)23(21,22)16(17)18/h6-9,11,14,16H,2-5,10H2,1H3,(H,19,20)/t11-,14-/m0/s1. The van der Waals surface area contributed by atoms with Crippen LogP contribution in [0.1, 0.15) is 38.2 Å². The molecule has 1 aromatic carbocycles. The van der Waals surface area contributed by atoms with Crippen LogP contribution < -0.4 is 5.32 Å². The van der Waals surface area contributed by atoms with Gasteiger partial charge in [-0.2, -0.15) is 8.78 Å². The maximum absolute atomic E-state index is 12.5. The monoisotopic (exact) mass is 345 g/mol. The van der Waals surface area contributed by atoms with Crippen molar-refractivity contribution in [3.8, 4) is 0 Å². The Labute approximate surface area is 135 Å². The summed E-state index contributed by atoms with van der Waals surface area (Å²) in [6.07, 6.45) is 4.48. The molecule has 1 aromatic rings. The molecule has 1 saturated carbocycles. The molecule has 0 aromatic heterocycles. The molecule has 2 atom stereocenters. The lowest BCUT2D eigenvalue weighted by atomic mass is 9.86. The van der Waals surface area contributed by atoms with E-state index in [1.807, 2.05) is 0 Å². The van der Waals surface area contributed by atoms with Crippen LogP contribution in [0.2, 0.25) is 0 Å². The van der Waals surface area contributed by atoms with Crippen molar-refractivity contribution in [1.29, 1.82) is 0 Å². The highest BCUT2D eigenvalue weighted by atomic mass is 32.2. The van der Waals surface area contributed by atoms with Crippen LogP contribution in [0.3, 0.4) is 0 Å². The Bertz CT molecular complexity index is 644. The van der Waals surface area contributed by atoms with Crippen molar-refractivity contribution in [1.82, 2.24) is 5.32 Å². The predicted molar refractivity (Wildman–Crippen MR) is 82.9 cm³/mol. The Morgan fingerprint density at radius 3 is 2.39 bits per heavy atom. The van der Waals surface area contributed by atoms with Gasteiger partial charge < -0.3 is 5.32 Å². The molecule has 1 fully saturated rings. The number of sulfone groups is 1. The van der Waals surface area contributed by atoms with Crippen molar-refractivity contribution in [2.75, 3.05) is 0 Å². The summed E-state index contributed by atoms with van der Waals surface area (Å²) < 4.78 is 47.6. The minimum absolute atomic E-state index is 0.109. The first-order valence-electron chi connectivity index (χ1n) is 7.71. The van der Waals surface area contributed by atoms with Gasteiger partial charge in [-0.25, -0.2) is 8.42 Å². The first-order valence-corrected chi connectivity index (χ1v) is 9.25. The van der Waals surface area contributed by atoms with E-state index in [9.17, 15) is 22.0 Å². The van der Waals surface area contributed by atoms with Gasteiger partial charge in [0, 0.05) is 6.04 Å². The first-order chi connectivity index (χ1) is 10.8. The van der Waals surface area contributed by atoms with Crippen LogP contribution in [0, 0.1) is 5.92 Å². The van der Waals surface area contributed by atoms with Gasteiger partial charge in [0.05, 0.1) is 11.3 Å². The molecular weight excluding hydrogens is 324 g/mol. The summed E-state index contributed by atoms with van der Waals surface area (Å²) in [4.78, 5) is 11.6. The molecular formula is C16H21F2NO3S. The Morgan fingerprint density at radius 2 is 1.83 bits per heavy atom. The minimum atomic E-state index is -4.59. The van der Waals surface area contributed by atoms with Crippen LogP contribution in [-0.4, -0.2) is 26.1 Å². The van der Waals surface area contributed by atoms with Gasteiger partial charge in [0.2, 0.25) is 15.7 Å². The average molecular weight is 345 g/mol. The zero-order chi connectivity index (χ0) is 17.0. The number of rotatable bonds is 5. The average Bonchev–Trinajstić information content (AvgIpc) is 2.50. The number of carbonyl (C=O) groups is 1. The SMILES string of the molecule is C[C@H]1CCCC[C@@H]1NC(=O)Cc1ccc(S(=O)(=O)C(F)F)cc1. The lowest BCUT2D eigenvalue weighted by molar-refractivity contribution is -0.121. The van der Waals surface area contributed by atoms with E-state index in [1.165, 1.54) is 18.6 Å². The summed E-state index contributed by atoms with van der Waals surface area (Å²) in [5, 5.41) is 3.00. The molecule has 0 bridgehead atoms. The van der Waals surface area contributed by atoms with Crippen molar-refractivity contribution in [2.45, 2.75) is 55.7 Å². The van der Waals surface area contributed by atoms with Crippen molar-refractivity contribution in [2.24, 2.45) is 5.92 Å². The fourth-order valence-electron chi connectivity index (χ4n) is 2.87. The molecule has 0 heterocycles. The largest absolute Gasteiger partial charge is 0.353 e. The van der Waals surface area contributed by atoms with Crippen molar-refractivity contribution < 1.29 is 22.0 Å². The Balaban J connectivity index is 1.97. The summed E-state index contributed by atoms with van der Waals surface area (Å²) in [6, 6.07) is 5.22. The Morgan fingerprint density at radius 1 is 1.22 bits per heavy atom. The molecule has 0 unspecified atom stereocenters. The number of benzene rings is 1. The topological polar surface area (TPSA) is 63.2 Å². The highest BCUT2D eigenvalue weighted by Crippen LogP contribution is 2.24. The molecule has 1 N–H and O–H groups in total. The molecule has 23 heavy (non-hydrogen) atoms. The zero-order valence-electron chi connectivity index (χ0n) is 13.0. The quantitative estimate of drug-likeness (QED) is 0.892. The van der Waals surface area contributed by atoms with Gasteiger partial charge in [0.25, 0.3) is 0 Å². The van der Waals surface area contributed by atoms with Gasteiger partial charge in [-0.05, 0) is 36.5 Å².